The molecule has 1 aromatic carbocycles. The van der Waals surface area contributed by atoms with E-state index in [1.165, 1.54) is 18.2 Å². The average Bonchev–Trinajstić information content (AvgIpc) is 3.03. The van der Waals surface area contributed by atoms with Crippen molar-refractivity contribution in [2.24, 2.45) is 7.05 Å². The first-order valence-electron chi connectivity index (χ1n) is 8.25. The number of aromatic nitrogens is 4. The molecule has 0 aliphatic heterocycles. The summed E-state index contributed by atoms with van der Waals surface area (Å²) in [7, 11) is 1.85. The van der Waals surface area contributed by atoms with Gasteiger partial charge in [-0.15, -0.1) is 13.2 Å². The predicted molar refractivity (Wildman–Crippen MR) is 98.1 cm³/mol. The molecule has 1 N–H and O–H groups in total. The number of benzene rings is 1. The van der Waals surface area contributed by atoms with Crippen molar-refractivity contribution in [2.75, 3.05) is 5.32 Å². The van der Waals surface area contributed by atoms with Crippen LogP contribution in [0.25, 0.3) is 22.4 Å². The third-order valence-electron chi connectivity index (χ3n) is 3.97. The van der Waals surface area contributed by atoms with Crippen LogP contribution in [-0.2, 0) is 7.05 Å². The lowest BCUT2D eigenvalue weighted by Gasteiger charge is -2.12. The second-order valence-corrected chi connectivity index (χ2v) is 6.00. The van der Waals surface area contributed by atoms with E-state index < -0.39 is 6.36 Å². The highest BCUT2D eigenvalue weighted by molar-refractivity contribution is 5.91. The molecule has 6 nitrogen and oxygen atoms in total. The molecular weight excluding hydrogens is 371 g/mol. The van der Waals surface area contributed by atoms with Crippen molar-refractivity contribution in [3.8, 4) is 17.1 Å². The molecule has 0 spiro atoms. The quantitative estimate of drug-likeness (QED) is 0.553. The zero-order valence-corrected chi connectivity index (χ0v) is 14.6. The predicted octanol–water partition coefficient (Wildman–Crippen LogP) is 4.67. The van der Waals surface area contributed by atoms with Gasteiger partial charge in [-0.2, -0.15) is 0 Å². The van der Waals surface area contributed by atoms with Crippen LogP contribution >= 0.6 is 0 Å². The molecule has 0 radical (unpaired) electrons. The van der Waals surface area contributed by atoms with E-state index in [2.05, 4.69) is 25.0 Å². The Balaban J connectivity index is 1.75. The fraction of sp³-hybridized carbons (Fsp3) is 0.105. The number of rotatable bonds is 4. The third-order valence-corrected chi connectivity index (χ3v) is 3.97. The van der Waals surface area contributed by atoms with Gasteiger partial charge in [0.1, 0.15) is 17.2 Å². The zero-order valence-electron chi connectivity index (χ0n) is 14.6. The Labute approximate surface area is 157 Å². The zero-order chi connectivity index (χ0) is 19.7. The van der Waals surface area contributed by atoms with Gasteiger partial charge in [0.15, 0.2) is 5.82 Å². The first-order chi connectivity index (χ1) is 13.4. The lowest BCUT2D eigenvalue weighted by atomic mass is 10.2. The number of nitrogens with one attached hydrogen (secondary N) is 1. The second kappa shape index (κ2) is 6.84. The van der Waals surface area contributed by atoms with E-state index in [1.807, 2.05) is 29.9 Å². The standard InChI is InChI=1S/C19H14F3N5O/c1-27-9-7-15-17(24-13-5-2-6-14(10-13)28-19(20,21)22)25-16(26-18(15)27)12-4-3-8-23-11-12/h2-11H,1H3,(H,24,25,26). The van der Waals surface area contributed by atoms with Crippen LogP contribution in [0.4, 0.5) is 24.7 Å². The van der Waals surface area contributed by atoms with Gasteiger partial charge in [0.2, 0.25) is 0 Å². The van der Waals surface area contributed by atoms with Crippen LogP contribution in [0.2, 0.25) is 0 Å². The maximum absolute atomic E-state index is 12.5. The molecule has 9 heteroatoms. The molecule has 0 aliphatic rings. The molecule has 3 aromatic heterocycles. The fourth-order valence-electron chi connectivity index (χ4n) is 2.76. The van der Waals surface area contributed by atoms with Gasteiger partial charge in [-0.05, 0) is 30.3 Å². The largest absolute Gasteiger partial charge is 0.573 e. The first kappa shape index (κ1) is 17.8. The summed E-state index contributed by atoms with van der Waals surface area (Å²) in [6, 6.07) is 11.0. The van der Waals surface area contributed by atoms with E-state index >= 15 is 0 Å². The van der Waals surface area contributed by atoms with E-state index in [9.17, 15) is 13.2 Å². The van der Waals surface area contributed by atoms with Gasteiger partial charge in [0, 0.05) is 43.0 Å². The number of hydrogen-bond donors (Lipinski definition) is 1. The number of halogens is 3. The van der Waals surface area contributed by atoms with Crippen molar-refractivity contribution >= 4 is 22.5 Å². The number of nitrogens with zero attached hydrogens (tertiary/aromatic N) is 4. The summed E-state index contributed by atoms with van der Waals surface area (Å²) in [5.74, 6) is 0.601. The molecular formula is C19H14F3N5O. The lowest BCUT2D eigenvalue weighted by Crippen LogP contribution is -2.17. The van der Waals surface area contributed by atoms with Gasteiger partial charge in [-0.25, -0.2) is 9.97 Å². The number of aryl methyl sites for hydroxylation is 1. The summed E-state index contributed by atoms with van der Waals surface area (Å²) < 4.78 is 43.3. The molecule has 4 rings (SSSR count). The number of fused-ring (bicyclic) bond motifs is 1. The van der Waals surface area contributed by atoms with E-state index in [0.29, 0.717) is 23.0 Å². The van der Waals surface area contributed by atoms with Crippen molar-refractivity contribution < 1.29 is 17.9 Å². The highest BCUT2D eigenvalue weighted by Gasteiger charge is 2.31. The van der Waals surface area contributed by atoms with Crippen molar-refractivity contribution in [1.29, 1.82) is 0 Å². The molecule has 142 valence electrons. The second-order valence-electron chi connectivity index (χ2n) is 6.00. The summed E-state index contributed by atoms with van der Waals surface area (Å²) in [4.78, 5) is 13.2. The minimum Gasteiger partial charge on any atom is -0.406 e. The number of ether oxygens (including phenoxy) is 1. The Bertz CT molecular complexity index is 1130. The summed E-state index contributed by atoms with van der Waals surface area (Å²) >= 11 is 0. The maximum atomic E-state index is 12.5. The first-order valence-corrected chi connectivity index (χ1v) is 8.25. The maximum Gasteiger partial charge on any atom is 0.573 e. The summed E-state index contributed by atoms with van der Waals surface area (Å²) in [6.07, 6.45) is 0.371. The number of anilines is 2. The summed E-state index contributed by atoms with van der Waals surface area (Å²) in [5.41, 5.74) is 1.81. The van der Waals surface area contributed by atoms with Crippen LogP contribution in [0.3, 0.4) is 0 Å². The normalized spacial score (nSPS) is 11.6. The third kappa shape index (κ3) is 3.73. The van der Waals surface area contributed by atoms with Gasteiger partial charge in [-0.3, -0.25) is 4.98 Å². The molecule has 0 amide bonds. The van der Waals surface area contributed by atoms with Gasteiger partial charge in [0.25, 0.3) is 0 Å². The highest BCUT2D eigenvalue weighted by Crippen LogP contribution is 2.30. The monoisotopic (exact) mass is 385 g/mol. The van der Waals surface area contributed by atoms with Crippen LogP contribution in [0.1, 0.15) is 0 Å². The Morgan fingerprint density at radius 3 is 2.68 bits per heavy atom. The van der Waals surface area contributed by atoms with Crippen LogP contribution in [0.15, 0.2) is 61.1 Å². The number of alkyl halides is 3. The van der Waals surface area contributed by atoms with Crippen LogP contribution in [0, 0.1) is 0 Å². The van der Waals surface area contributed by atoms with Crippen molar-refractivity contribution in [3.63, 3.8) is 0 Å². The molecule has 0 fully saturated rings. The fourth-order valence-corrected chi connectivity index (χ4v) is 2.76. The van der Waals surface area contributed by atoms with Crippen molar-refractivity contribution in [1.82, 2.24) is 19.5 Å². The van der Waals surface area contributed by atoms with Crippen LogP contribution in [-0.4, -0.2) is 25.9 Å². The summed E-state index contributed by atoms with van der Waals surface area (Å²) in [6.45, 7) is 0. The number of hydrogen-bond acceptors (Lipinski definition) is 5. The molecule has 4 aromatic rings. The van der Waals surface area contributed by atoms with Crippen molar-refractivity contribution in [3.05, 3.63) is 61.1 Å². The average molecular weight is 385 g/mol. The van der Waals surface area contributed by atoms with Crippen LogP contribution in [0.5, 0.6) is 5.75 Å². The molecule has 0 atom stereocenters. The van der Waals surface area contributed by atoms with Gasteiger partial charge in [0.05, 0.1) is 5.39 Å². The smallest absolute Gasteiger partial charge is 0.406 e. The molecule has 0 aliphatic carbocycles. The highest BCUT2D eigenvalue weighted by atomic mass is 19.4. The van der Waals surface area contributed by atoms with E-state index in [-0.39, 0.29) is 5.75 Å². The van der Waals surface area contributed by atoms with E-state index in [1.54, 1.807) is 24.5 Å². The molecule has 28 heavy (non-hydrogen) atoms. The Kier molecular flexibility index (Phi) is 4.34. The Morgan fingerprint density at radius 2 is 1.93 bits per heavy atom. The van der Waals surface area contributed by atoms with Crippen molar-refractivity contribution in [2.45, 2.75) is 6.36 Å². The molecule has 0 saturated heterocycles. The molecule has 0 bridgehead atoms. The SMILES string of the molecule is Cn1ccc2c(Nc3cccc(OC(F)(F)F)c3)nc(-c3cccnc3)nc21. The van der Waals surface area contributed by atoms with Gasteiger partial charge >= 0.3 is 6.36 Å². The van der Waals surface area contributed by atoms with Gasteiger partial charge in [-0.1, -0.05) is 6.07 Å². The molecule has 0 saturated carbocycles. The molecule has 0 unspecified atom stereocenters. The number of pyridine rings is 1. The topological polar surface area (TPSA) is 64.9 Å². The Morgan fingerprint density at radius 1 is 1.07 bits per heavy atom. The van der Waals surface area contributed by atoms with E-state index in [4.69, 9.17) is 0 Å². The minimum absolute atomic E-state index is 0.316. The van der Waals surface area contributed by atoms with Crippen LogP contribution < -0.4 is 10.1 Å². The molecule has 3 heterocycles. The van der Waals surface area contributed by atoms with E-state index in [0.717, 1.165) is 10.9 Å². The lowest BCUT2D eigenvalue weighted by molar-refractivity contribution is -0.274. The minimum atomic E-state index is -4.76. The Hall–Kier alpha value is -3.62. The summed E-state index contributed by atoms with van der Waals surface area (Å²) in [5, 5.41) is 3.80. The van der Waals surface area contributed by atoms with Gasteiger partial charge < -0.3 is 14.6 Å².